The number of hydrogen-bond acceptors (Lipinski definition) is 4. The van der Waals surface area contributed by atoms with Gasteiger partial charge in [0, 0.05) is 19.2 Å². The molecule has 110 valence electrons. The molecule has 6 nitrogen and oxygen atoms in total. The van der Waals surface area contributed by atoms with Gasteiger partial charge in [-0.1, -0.05) is 18.5 Å². The maximum atomic E-state index is 12.5. The summed E-state index contributed by atoms with van der Waals surface area (Å²) in [6.07, 6.45) is 2.07. The van der Waals surface area contributed by atoms with Gasteiger partial charge < -0.3 is 0 Å². The van der Waals surface area contributed by atoms with Crippen LogP contribution < -0.4 is 0 Å². The first-order valence-corrected chi connectivity index (χ1v) is 8.12. The third kappa shape index (κ3) is 3.11. The number of nitro benzene ring substituents is 1. The second-order valence-corrected chi connectivity index (χ2v) is 7.11. The Kier molecular flexibility index (Phi) is 4.31. The Labute approximate surface area is 122 Å². The monoisotopic (exact) mass is 318 g/mol. The van der Waals surface area contributed by atoms with E-state index in [2.05, 4.69) is 0 Å². The van der Waals surface area contributed by atoms with Crippen molar-refractivity contribution in [2.45, 2.75) is 24.7 Å². The lowest BCUT2D eigenvalue weighted by Crippen LogP contribution is -2.32. The third-order valence-corrected chi connectivity index (χ3v) is 5.52. The number of rotatable bonds is 6. The fourth-order valence-corrected chi connectivity index (χ4v) is 3.66. The van der Waals surface area contributed by atoms with Crippen LogP contribution in [0.25, 0.3) is 0 Å². The molecule has 0 saturated heterocycles. The van der Waals surface area contributed by atoms with Crippen molar-refractivity contribution in [3.8, 4) is 0 Å². The van der Waals surface area contributed by atoms with Gasteiger partial charge in [-0.25, -0.2) is 8.42 Å². The molecule has 0 spiro atoms. The lowest BCUT2D eigenvalue weighted by atomic mass is 10.3. The molecule has 0 N–H and O–H groups in total. The van der Waals surface area contributed by atoms with Crippen molar-refractivity contribution in [3.05, 3.63) is 33.3 Å². The molecule has 8 heteroatoms. The first-order chi connectivity index (χ1) is 9.36. The zero-order chi connectivity index (χ0) is 14.9. The van der Waals surface area contributed by atoms with E-state index in [1.165, 1.54) is 16.4 Å². The van der Waals surface area contributed by atoms with Gasteiger partial charge in [-0.15, -0.1) is 0 Å². The van der Waals surface area contributed by atoms with Crippen molar-refractivity contribution in [1.29, 1.82) is 0 Å². The Hall–Kier alpha value is -1.18. The molecule has 0 amide bonds. The molecular weight excluding hydrogens is 304 g/mol. The highest BCUT2D eigenvalue weighted by Crippen LogP contribution is 2.33. The lowest BCUT2D eigenvalue weighted by molar-refractivity contribution is -0.384. The molecule has 2 rings (SSSR count). The molecule has 0 atom stereocenters. The average Bonchev–Trinajstić information content (AvgIpc) is 3.19. The van der Waals surface area contributed by atoms with E-state index in [9.17, 15) is 18.5 Å². The molecule has 1 aliphatic rings. The molecule has 0 aromatic heterocycles. The summed E-state index contributed by atoms with van der Waals surface area (Å²) in [4.78, 5) is 10.1. The summed E-state index contributed by atoms with van der Waals surface area (Å²) in [7, 11) is -3.71. The van der Waals surface area contributed by atoms with Crippen LogP contribution in [0.15, 0.2) is 23.1 Å². The van der Waals surface area contributed by atoms with E-state index in [0.29, 0.717) is 19.0 Å². The predicted octanol–water partition coefficient (Wildman–Crippen LogP) is 2.67. The number of hydrogen-bond donors (Lipinski definition) is 0. The van der Waals surface area contributed by atoms with Crippen molar-refractivity contribution in [2.24, 2.45) is 5.92 Å². The Morgan fingerprint density at radius 3 is 2.60 bits per heavy atom. The van der Waals surface area contributed by atoms with Crippen molar-refractivity contribution >= 4 is 27.3 Å². The summed E-state index contributed by atoms with van der Waals surface area (Å²) in [6, 6.07) is 3.57. The minimum atomic E-state index is -3.71. The molecule has 20 heavy (non-hydrogen) atoms. The maximum absolute atomic E-state index is 12.5. The Morgan fingerprint density at radius 2 is 2.10 bits per heavy atom. The SMILES string of the molecule is CCN(CC1CC1)S(=O)(=O)c1ccc(Cl)c([N+](=O)[O-])c1. The molecule has 0 bridgehead atoms. The standard InChI is InChI=1S/C12H15ClN2O4S/c1-2-14(8-9-3-4-9)20(18,19)10-5-6-11(13)12(7-10)15(16)17/h5-7,9H,2-4,8H2,1H3. The van der Waals surface area contributed by atoms with Crippen LogP contribution >= 0.6 is 11.6 Å². The highest BCUT2D eigenvalue weighted by atomic mass is 35.5. The normalized spacial score (nSPS) is 15.6. The lowest BCUT2D eigenvalue weighted by Gasteiger charge is -2.20. The Balaban J connectivity index is 2.37. The fourth-order valence-electron chi connectivity index (χ4n) is 1.93. The predicted molar refractivity (Wildman–Crippen MR) is 75.3 cm³/mol. The van der Waals surface area contributed by atoms with E-state index in [-0.39, 0.29) is 9.92 Å². The van der Waals surface area contributed by atoms with Gasteiger partial charge in [-0.05, 0) is 30.9 Å². The highest BCUT2D eigenvalue weighted by molar-refractivity contribution is 7.89. The van der Waals surface area contributed by atoms with Crippen LogP contribution in [0.1, 0.15) is 19.8 Å². The summed E-state index contributed by atoms with van der Waals surface area (Å²) < 4.78 is 26.3. The van der Waals surface area contributed by atoms with E-state index >= 15 is 0 Å². The van der Waals surface area contributed by atoms with Crippen LogP contribution in [-0.4, -0.2) is 30.7 Å². The highest BCUT2D eigenvalue weighted by Gasteiger charge is 2.31. The number of sulfonamides is 1. The largest absolute Gasteiger partial charge is 0.289 e. The molecule has 0 radical (unpaired) electrons. The maximum Gasteiger partial charge on any atom is 0.289 e. The molecule has 1 aromatic carbocycles. The van der Waals surface area contributed by atoms with Gasteiger partial charge in [0.05, 0.1) is 9.82 Å². The average molecular weight is 319 g/mol. The van der Waals surface area contributed by atoms with Crippen LogP contribution in [0.3, 0.4) is 0 Å². The first-order valence-electron chi connectivity index (χ1n) is 6.30. The van der Waals surface area contributed by atoms with Crippen molar-refractivity contribution in [1.82, 2.24) is 4.31 Å². The number of benzene rings is 1. The molecule has 0 aliphatic heterocycles. The number of nitro groups is 1. The fraction of sp³-hybridized carbons (Fsp3) is 0.500. The third-order valence-electron chi connectivity index (χ3n) is 3.26. The van der Waals surface area contributed by atoms with Crippen molar-refractivity contribution in [3.63, 3.8) is 0 Å². The topological polar surface area (TPSA) is 80.5 Å². The van der Waals surface area contributed by atoms with E-state index in [0.717, 1.165) is 18.9 Å². The molecule has 1 saturated carbocycles. The molecule has 1 aromatic rings. The van der Waals surface area contributed by atoms with Crippen molar-refractivity contribution < 1.29 is 13.3 Å². The zero-order valence-electron chi connectivity index (χ0n) is 11.0. The number of nitrogens with zero attached hydrogens (tertiary/aromatic N) is 2. The van der Waals surface area contributed by atoms with Gasteiger partial charge in [0.25, 0.3) is 5.69 Å². The number of halogens is 1. The van der Waals surface area contributed by atoms with Gasteiger partial charge >= 0.3 is 0 Å². The van der Waals surface area contributed by atoms with Crippen LogP contribution in [0, 0.1) is 16.0 Å². The second-order valence-electron chi connectivity index (χ2n) is 4.77. The van der Waals surface area contributed by atoms with E-state index < -0.39 is 20.6 Å². The minimum Gasteiger partial charge on any atom is -0.258 e. The summed E-state index contributed by atoms with van der Waals surface area (Å²) in [5.74, 6) is 0.409. The van der Waals surface area contributed by atoms with Gasteiger partial charge in [0.15, 0.2) is 0 Å². The van der Waals surface area contributed by atoms with Gasteiger partial charge in [-0.2, -0.15) is 4.31 Å². The Morgan fingerprint density at radius 1 is 1.45 bits per heavy atom. The summed E-state index contributed by atoms with van der Waals surface area (Å²) >= 11 is 5.70. The zero-order valence-corrected chi connectivity index (χ0v) is 12.5. The molecule has 1 aliphatic carbocycles. The van der Waals surface area contributed by atoms with Crippen LogP contribution in [0.4, 0.5) is 5.69 Å². The molecule has 0 heterocycles. The van der Waals surface area contributed by atoms with Gasteiger partial charge in [-0.3, -0.25) is 10.1 Å². The van der Waals surface area contributed by atoms with E-state index in [4.69, 9.17) is 11.6 Å². The molecule has 1 fully saturated rings. The Bertz CT molecular complexity index is 628. The molecular formula is C12H15ClN2O4S. The van der Waals surface area contributed by atoms with Crippen LogP contribution in [0.5, 0.6) is 0 Å². The van der Waals surface area contributed by atoms with Crippen LogP contribution in [0.2, 0.25) is 5.02 Å². The van der Waals surface area contributed by atoms with Gasteiger partial charge in [0.2, 0.25) is 10.0 Å². The van der Waals surface area contributed by atoms with Crippen LogP contribution in [-0.2, 0) is 10.0 Å². The quantitative estimate of drug-likeness (QED) is 0.596. The second kappa shape index (κ2) is 5.67. The first kappa shape index (κ1) is 15.2. The van der Waals surface area contributed by atoms with E-state index in [1.54, 1.807) is 6.92 Å². The molecule has 0 unspecified atom stereocenters. The summed E-state index contributed by atoms with van der Waals surface area (Å²) in [6.45, 7) is 2.56. The summed E-state index contributed by atoms with van der Waals surface area (Å²) in [5, 5.41) is 10.8. The van der Waals surface area contributed by atoms with E-state index in [1.807, 2.05) is 0 Å². The summed E-state index contributed by atoms with van der Waals surface area (Å²) in [5.41, 5.74) is -0.393. The smallest absolute Gasteiger partial charge is 0.258 e. The van der Waals surface area contributed by atoms with Crippen molar-refractivity contribution in [2.75, 3.05) is 13.1 Å². The minimum absolute atomic E-state index is 0.0702. The van der Waals surface area contributed by atoms with Gasteiger partial charge in [0.1, 0.15) is 5.02 Å².